The number of nitrogens with two attached hydrogens (primary N) is 1. The van der Waals surface area contributed by atoms with Crippen molar-refractivity contribution in [2.75, 3.05) is 43.4 Å². The Morgan fingerprint density at radius 3 is 2.67 bits per heavy atom. The third kappa shape index (κ3) is 4.11. The first-order valence-electron chi connectivity index (χ1n) is 14.4. The number of ether oxygens (including phenoxy) is 1. The molecule has 4 aromatic rings. The predicted molar refractivity (Wildman–Crippen MR) is 153 cm³/mol. The van der Waals surface area contributed by atoms with E-state index in [0.717, 1.165) is 49.6 Å². The number of benzene rings is 2. The lowest BCUT2D eigenvalue weighted by atomic mass is 9.95. The van der Waals surface area contributed by atoms with Gasteiger partial charge in [0.2, 0.25) is 0 Å². The molecule has 4 aliphatic rings. The maximum Gasteiger partial charge on any atom is 0.319 e. The first kappa shape index (κ1) is 26.3. The highest BCUT2D eigenvalue weighted by Gasteiger charge is 2.49. The fourth-order valence-electron chi connectivity index (χ4n) is 7.53. The van der Waals surface area contributed by atoms with Crippen LogP contribution in [-0.4, -0.2) is 76.4 Å². The van der Waals surface area contributed by atoms with Crippen LogP contribution < -0.4 is 20.7 Å². The molecule has 2 unspecified atom stereocenters. The number of piperazine rings is 1. The Morgan fingerprint density at radius 2 is 1.86 bits per heavy atom. The van der Waals surface area contributed by atoms with Crippen molar-refractivity contribution >= 4 is 43.4 Å². The molecule has 0 spiro atoms. The zero-order valence-electron chi connectivity index (χ0n) is 22.7. The van der Waals surface area contributed by atoms with Crippen LogP contribution in [0.4, 0.5) is 28.5 Å². The van der Waals surface area contributed by atoms with E-state index in [0.29, 0.717) is 49.3 Å². The minimum Gasteiger partial charge on any atom is -0.461 e. The van der Waals surface area contributed by atoms with Gasteiger partial charge in [0, 0.05) is 60.7 Å². The van der Waals surface area contributed by atoms with Crippen LogP contribution in [0.3, 0.4) is 0 Å². The van der Waals surface area contributed by atoms with Gasteiger partial charge in [-0.15, -0.1) is 0 Å². The van der Waals surface area contributed by atoms with Gasteiger partial charge in [-0.25, -0.2) is 22.5 Å². The molecule has 0 saturated carbocycles. The summed E-state index contributed by atoms with van der Waals surface area (Å²) in [5, 5.41) is 4.11. The van der Waals surface area contributed by atoms with E-state index in [4.69, 9.17) is 15.5 Å². The first-order valence-corrected chi connectivity index (χ1v) is 15.2. The molecule has 2 bridgehead atoms. The fourth-order valence-corrected chi connectivity index (χ4v) is 8.28. The number of halogens is 4. The van der Waals surface area contributed by atoms with E-state index in [1.807, 2.05) is 0 Å². The number of rotatable bonds is 5. The minimum atomic E-state index is -0.949. The molecule has 8 nitrogen and oxygen atoms in total. The van der Waals surface area contributed by atoms with Crippen molar-refractivity contribution in [3.63, 3.8) is 0 Å². The van der Waals surface area contributed by atoms with E-state index in [-0.39, 0.29) is 44.6 Å². The van der Waals surface area contributed by atoms with Crippen LogP contribution in [0.5, 0.6) is 6.01 Å². The van der Waals surface area contributed by atoms with Crippen LogP contribution in [0.2, 0.25) is 0 Å². The summed E-state index contributed by atoms with van der Waals surface area (Å²) < 4.78 is 66.9. The van der Waals surface area contributed by atoms with Gasteiger partial charge < -0.3 is 20.7 Å². The fraction of sp³-hybridized carbons (Fsp3) is 0.483. The molecule has 3 N–H and O–H groups in total. The smallest absolute Gasteiger partial charge is 0.319 e. The number of nitrogens with one attached hydrogen (secondary N) is 1. The average molecular weight is 600 g/mol. The molecule has 6 heterocycles. The third-order valence-electron chi connectivity index (χ3n) is 9.37. The molecule has 4 fully saturated rings. The average Bonchev–Trinajstić information content (AvgIpc) is 3.70. The molecule has 4 atom stereocenters. The quantitative estimate of drug-likeness (QED) is 0.316. The lowest BCUT2D eigenvalue weighted by Gasteiger charge is -2.34. The molecule has 0 aliphatic carbocycles. The SMILES string of the molecule is Nc1nc2c(-c3ccc4c(N5CC6CCC(C5)N6)nc(OC[C@@]56CCCN5C[C@H](F)C6)nc4c3F)c(F)cc(F)c2s1. The number of anilines is 2. The zero-order valence-corrected chi connectivity index (χ0v) is 23.5. The Hall–Kier alpha value is -3.29. The highest BCUT2D eigenvalue weighted by molar-refractivity contribution is 7.22. The summed E-state index contributed by atoms with van der Waals surface area (Å²) in [6.45, 7) is 2.77. The Bertz CT molecular complexity index is 1720. The van der Waals surface area contributed by atoms with Gasteiger partial charge in [0.15, 0.2) is 10.9 Å². The number of nitrogen functional groups attached to an aromatic ring is 1. The van der Waals surface area contributed by atoms with Crippen molar-refractivity contribution in [2.45, 2.75) is 55.9 Å². The second-order valence-electron chi connectivity index (χ2n) is 12.0. The molecule has 42 heavy (non-hydrogen) atoms. The van der Waals surface area contributed by atoms with E-state index in [2.05, 4.69) is 25.1 Å². The molecule has 4 aliphatic heterocycles. The van der Waals surface area contributed by atoms with Crippen molar-refractivity contribution < 1.29 is 22.3 Å². The standard InChI is InChI=1S/C29H29F4N7OS/c30-14-9-29(6-1-7-40(29)10-14)13-41-28-37-23-18(26(38-28)39-11-15-2-3-16(12-39)35-15)5-4-17(22(23)33)21-19(31)8-20(32)25-24(21)36-27(34)42-25/h4-5,8,14-16,35H,1-3,6-7,9-13H2,(H2,34,36)/t14-,15?,16?,29+/m1/s1. The molecular formula is C29H29F4N7OS. The van der Waals surface area contributed by atoms with E-state index >= 15 is 8.78 Å². The van der Waals surface area contributed by atoms with E-state index < -0.39 is 29.2 Å². The summed E-state index contributed by atoms with van der Waals surface area (Å²) in [4.78, 5) is 17.6. The maximum absolute atomic E-state index is 16.5. The molecule has 0 amide bonds. The minimum absolute atomic E-state index is 0.00871. The number of alkyl halides is 1. The van der Waals surface area contributed by atoms with E-state index in [1.54, 1.807) is 6.07 Å². The second-order valence-corrected chi connectivity index (χ2v) is 13.0. The normalized spacial score (nSPS) is 27.4. The Morgan fingerprint density at radius 1 is 1.05 bits per heavy atom. The topological polar surface area (TPSA) is 92.4 Å². The van der Waals surface area contributed by atoms with Crippen molar-refractivity contribution in [1.29, 1.82) is 0 Å². The number of nitrogens with zero attached hydrogens (tertiary/aromatic N) is 5. The summed E-state index contributed by atoms with van der Waals surface area (Å²) >= 11 is 0.875. The molecule has 13 heteroatoms. The van der Waals surface area contributed by atoms with E-state index in [9.17, 15) is 8.78 Å². The zero-order chi connectivity index (χ0) is 28.7. The number of fused-ring (bicyclic) bond motifs is 5. The van der Waals surface area contributed by atoms with Gasteiger partial charge >= 0.3 is 6.01 Å². The van der Waals surface area contributed by atoms with Gasteiger partial charge in [-0.05, 0) is 38.3 Å². The van der Waals surface area contributed by atoms with Crippen molar-refractivity contribution in [3.8, 4) is 17.1 Å². The van der Waals surface area contributed by atoms with Gasteiger partial charge in [0.1, 0.15) is 35.7 Å². The highest BCUT2D eigenvalue weighted by Crippen LogP contribution is 2.42. The Balaban J connectivity index is 1.26. The number of thiazole rings is 1. The van der Waals surface area contributed by atoms with Crippen molar-refractivity contribution in [1.82, 2.24) is 25.2 Å². The maximum atomic E-state index is 16.5. The van der Waals surface area contributed by atoms with E-state index in [1.165, 1.54) is 6.07 Å². The van der Waals surface area contributed by atoms with Crippen LogP contribution in [0.15, 0.2) is 18.2 Å². The van der Waals surface area contributed by atoms with Gasteiger partial charge in [0.25, 0.3) is 0 Å². The predicted octanol–water partition coefficient (Wildman–Crippen LogP) is 4.80. The molecule has 4 saturated heterocycles. The van der Waals surface area contributed by atoms with Crippen LogP contribution in [-0.2, 0) is 0 Å². The Labute approximate surface area is 242 Å². The van der Waals surface area contributed by atoms with Crippen LogP contribution >= 0.6 is 11.3 Å². The monoisotopic (exact) mass is 599 g/mol. The van der Waals surface area contributed by atoms with Gasteiger partial charge in [0.05, 0.1) is 15.8 Å². The van der Waals surface area contributed by atoms with Gasteiger partial charge in [-0.2, -0.15) is 9.97 Å². The van der Waals surface area contributed by atoms with Crippen LogP contribution in [0.1, 0.15) is 32.1 Å². The molecule has 8 rings (SSSR count). The van der Waals surface area contributed by atoms with Crippen molar-refractivity contribution in [2.24, 2.45) is 0 Å². The van der Waals surface area contributed by atoms with Gasteiger partial charge in [-0.3, -0.25) is 4.90 Å². The molecule has 2 aromatic heterocycles. The summed E-state index contributed by atoms with van der Waals surface area (Å²) in [6.07, 6.45) is 3.32. The summed E-state index contributed by atoms with van der Waals surface area (Å²) in [6, 6.07) is 4.44. The summed E-state index contributed by atoms with van der Waals surface area (Å²) in [5.74, 6) is -2.01. The molecule has 0 radical (unpaired) electrons. The van der Waals surface area contributed by atoms with Crippen LogP contribution in [0, 0.1) is 17.5 Å². The number of hydrogen-bond donors (Lipinski definition) is 2. The lowest BCUT2D eigenvalue weighted by molar-refractivity contribution is 0.107. The summed E-state index contributed by atoms with van der Waals surface area (Å²) in [5.41, 5.74) is 5.02. The number of aromatic nitrogens is 3. The Kier molecular flexibility index (Phi) is 6.03. The largest absolute Gasteiger partial charge is 0.461 e. The number of hydrogen-bond acceptors (Lipinski definition) is 9. The first-order chi connectivity index (χ1) is 20.3. The lowest BCUT2D eigenvalue weighted by Crippen LogP contribution is -2.51. The van der Waals surface area contributed by atoms with Crippen LogP contribution in [0.25, 0.3) is 32.2 Å². The molecular weight excluding hydrogens is 570 g/mol. The molecule has 2 aromatic carbocycles. The van der Waals surface area contributed by atoms with Gasteiger partial charge in [-0.1, -0.05) is 17.4 Å². The third-order valence-corrected chi connectivity index (χ3v) is 10.3. The van der Waals surface area contributed by atoms with Crippen molar-refractivity contribution in [3.05, 3.63) is 35.7 Å². The second kappa shape index (κ2) is 9.61. The highest BCUT2D eigenvalue weighted by atomic mass is 32.1. The summed E-state index contributed by atoms with van der Waals surface area (Å²) in [7, 11) is 0. The molecule has 220 valence electrons.